The number of aryl methyl sites for hydroxylation is 1. The van der Waals surface area contributed by atoms with Crippen LogP contribution in [-0.2, 0) is 16.4 Å². The zero-order chi connectivity index (χ0) is 27.0. The van der Waals surface area contributed by atoms with Crippen LogP contribution in [-0.4, -0.2) is 57.9 Å². The predicted molar refractivity (Wildman–Crippen MR) is 163 cm³/mol. The van der Waals surface area contributed by atoms with Crippen molar-refractivity contribution in [2.24, 2.45) is 0 Å². The van der Waals surface area contributed by atoms with Crippen LogP contribution in [0.5, 0.6) is 0 Å². The first kappa shape index (κ1) is 29.3. The van der Waals surface area contributed by atoms with Crippen LogP contribution in [0.25, 0.3) is 10.2 Å². The number of aromatic nitrogens is 1. The highest BCUT2D eigenvalue weighted by Gasteiger charge is 2.31. The molecule has 3 aromatic carbocycles. The van der Waals surface area contributed by atoms with Crippen molar-refractivity contribution in [3.8, 4) is 0 Å². The fourth-order valence-corrected chi connectivity index (χ4v) is 7.65. The molecule has 5 rings (SSSR count). The van der Waals surface area contributed by atoms with Crippen molar-refractivity contribution in [3.63, 3.8) is 0 Å². The number of amides is 1. The van der Waals surface area contributed by atoms with Gasteiger partial charge in [0.05, 0.1) is 20.8 Å². The number of hydrogen-bond donors (Lipinski definition) is 0. The Balaban J connectivity index is 0.00000353. The first-order valence-corrected chi connectivity index (χ1v) is 15.0. The van der Waals surface area contributed by atoms with Gasteiger partial charge < -0.3 is 4.90 Å². The Bertz CT molecular complexity index is 1610. The van der Waals surface area contributed by atoms with Gasteiger partial charge in [0.15, 0.2) is 5.13 Å². The van der Waals surface area contributed by atoms with Gasteiger partial charge in [0.2, 0.25) is 0 Å². The largest absolute Gasteiger partial charge is 0.309 e. The van der Waals surface area contributed by atoms with Gasteiger partial charge >= 0.3 is 0 Å². The average Bonchev–Trinajstić information content (AvgIpc) is 3.51. The van der Waals surface area contributed by atoms with E-state index in [9.17, 15) is 13.2 Å². The van der Waals surface area contributed by atoms with Gasteiger partial charge in [-0.1, -0.05) is 41.1 Å². The standard InChI is InChI=1S/C28H29ClN4O3S2.ClH/c1-19-17-22(29)18-25-26(19)30-28(37-25)32(15-6-14-31(2)3)27(34)21-9-11-23(12-10-21)38(35,36)33-16-13-20-7-4-5-8-24(20)33;/h4-5,7-12,17-18H,6,13-16H2,1-3H3;1H. The summed E-state index contributed by atoms with van der Waals surface area (Å²) in [7, 11) is 0.250. The van der Waals surface area contributed by atoms with Crippen molar-refractivity contribution in [1.29, 1.82) is 0 Å². The molecule has 1 aromatic heterocycles. The van der Waals surface area contributed by atoms with Gasteiger partial charge in [0.1, 0.15) is 0 Å². The summed E-state index contributed by atoms with van der Waals surface area (Å²) in [5.74, 6) is -0.220. The minimum absolute atomic E-state index is 0. The number of para-hydroxylation sites is 1. The van der Waals surface area contributed by atoms with E-state index >= 15 is 0 Å². The van der Waals surface area contributed by atoms with E-state index in [0.29, 0.717) is 40.9 Å². The number of sulfonamides is 1. The Morgan fingerprint density at radius 1 is 1.08 bits per heavy atom. The van der Waals surface area contributed by atoms with E-state index in [-0.39, 0.29) is 23.2 Å². The molecule has 1 amide bonds. The van der Waals surface area contributed by atoms with Crippen molar-refractivity contribution >= 4 is 72.3 Å². The van der Waals surface area contributed by atoms with Crippen LogP contribution in [0, 0.1) is 6.92 Å². The number of rotatable bonds is 8. The maximum absolute atomic E-state index is 13.7. The van der Waals surface area contributed by atoms with Gasteiger partial charge in [-0.25, -0.2) is 13.4 Å². The molecule has 1 aliphatic rings. The number of hydrogen-bond acceptors (Lipinski definition) is 6. The molecule has 11 heteroatoms. The molecule has 7 nitrogen and oxygen atoms in total. The molecule has 0 bridgehead atoms. The van der Waals surface area contributed by atoms with Crippen molar-refractivity contribution in [3.05, 3.63) is 82.4 Å². The summed E-state index contributed by atoms with van der Waals surface area (Å²) in [5.41, 5.74) is 3.92. The average molecular weight is 606 g/mol. The summed E-state index contributed by atoms with van der Waals surface area (Å²) in [6, 6.07) is 17.5. The van der Waals surface area contributed by atoms with Crippen LogP contribution in [0.15, 0.2) is 65.6 Å². The molecule has 4 aromatic rings. The Kier molecular flexibility index (Phi) is 8.88. The molecule has 206 valence electrons. The lowest BCUT2D eigenvalue weighted by Crippen LogP contribution is -2.33. The molecule has 0 N–H and O–H groups in total. The Hall–Kier alpha value is -2.69. The van der Waals surface area contributed by atoms with Gasteiger partial charge in [-0.15, -0.1) is 12.4 Å². The van der Waals surface area contributed by atoms with Gasteiger partial charge in [-0.2, -0.15) is 0 Å². The van der Waals surface area contributed by atoms with Gasteiger partial charge in [0, 0.05) is 23.7 Å². The van der Waals surface area contributed by atoms with Gasteiger partial charge in [-0.3, -0.25) is 14.0 Å². The van der Waals surface area contributed by atoms with E-state index in [2.05, 4.69) is 4.90 Å². The minimum atomic E-state index is -3.74. The normalized spacial score (nSPS) is 13.0. The number of fused-ring (bicyclic) bond motifs is 2. The number of thiazole rings is 1. The van der Waals surface area contributed by atoms with Crippen molar-refractivity contribution in [2.45, 2.75) is 24.7 Å². The van der Waals surface area contributed by atoms with Crippen molar-refractivity contribution in [2.75, 3.05) is 42.9 Å². The molecule has 39 heavy (non-hydrogen) atoms. The molecule has 0 fully saturated rings. The van der Waals surface area contributed by atoms with Crippen LogP contribution >= 0.6 is 35.3 Å². The lowest BCUT2D eigenvalue weighted by atomic mass is 10.2. The third kappa shape index (κ3) is 5.93. The molecule has 0 atom stereocenters. The molecule has 0 saturated carbocycles. The Labute approximate surface area is 244 Å². The molecule has 0 spiro atoms. The smallest absolute Gasteiger partial charge is 0.264 e. The fourth-order valence-electron chi connectivity index (χ4n) is 4.70. The molecule has 0 radical (unpaired) electrons. The molecule has 1 aliphatic heterocycles. The molecule has 0 unspecified atom stereocenters. The van der Waals surface area contributed by atoms with E-state index in [1.807, 2.05) is 57.4 Å². The predicted octanol–water partition coefficient (Wildman–Crippen LogP) is 6.03. The maximum atomic E-state index is 13.7. The van der Waals surface area contributed by atoms with Crippen molar-refractivity contribution < 1.29 is 13.2 Å². The second-order valence-electron chi connectivity index (χ2n) is 9.66. The number of nitrogens with zero attached hydrogens (tertiary/aromatic N) is 4. The third-order valence-electron chi connectivity index (χ3n) is 6.64. The second-order valence-corrected chi connectivity index (χ2v) is 13.0. The fraction of sp³-hybridized carbons (Fsp3) is 0.286. The SMILES string of the molecule is Cc1cc(Cl)cc2sc(N(CCCN(C)C)C(=O)c3ccc(S(=O)(=O)N4CCc5ccccc54)cc3)nc12.Cl. The molecular weight excluding hydrogens is 575 g/mol. The summed E-state index contributed by atoms with van der Waals surface area (Å²) in [6.07, 6.45) is 1.44. The summed E-state index contributed by atoms with van der Waals surface area (Å²) in [6.45, 7) is 3.65. The number of halogens is 2. The number of carbonyl (C=O) groups is 1. The van der Waals surface area contributed by atoms with Crippen LogP contribution < -0.4 is 9.21 Å². The van der Waals surface area contributed by atoms with E-state index in [4.69, 9.17) is 16.6 Å². The van der Waals surface area contributed by atoms with E-state index in [1.54, 1.807) is 17.0 Å². The lowest BCUT2D eigenvalue weighted by molar-refractivity contribution is 0.0986. The van der Waals surface area contributed by atoms with E-state index < -0.39 is 10.0 Å². The van der Waals surface area contributed by atoms with Crippen LogP contribution in [0.3, 0.4) is 0 Å². The zero-order valence-electron chi connectivity index (χ0n) is 21.9. The summed E-state index contributed by atoms with van der Waals surface area (Å²) < 4.78 is 29.2. The molecule has 0 aliphatic carbocycles. The first-order chi connectivity index (χ1) is 18.1. The van der Waals surface area contributed by atoms with Gasteiger partial charge in [0.25, 0.3) is 15.9 Å². The summed E-state index contributed by atoms with van der Waals surface area (Å²) >= 11 is 7.68. The Morgan fingerprint density at radius 2 is 1.79 bits per heavy atom. The molecular formula is C28H30Cl2N4O3S2. The summed E-state index contributed by atoms with van der Waals surface area (Å²) in [4.78, 5) is 22.4. The number of anilines is 2. The number of benzene rings is 3. The molecule has 2 heterocycles. The maximum Gasteiger partial charge on any atom is 0.264 e. The monoisotopic (exact) mass is 604 g/mol. The topological polar surface area (TPSA) is 73.8 Å². The van der Waals surface area contributed by atoms with E-state index in [0.717, 1.165) is 34.3 Å². The highest BCUT2D eigenvalue weighted by molar-refractivity contribution is 7.92. The highest BCUT2D eigenvalue weighted by atomic mass is 35.5. The quantitative estimate of drug-likeness (QED) is 0.245. The van der Waals surface area contributed by atoms with Crippen LogP contribution in [0.1, 0.15) is 27.9 Å². The van der Waals surface area contributed by atoms with Crippen LogP contribution in [0.2, 0.25) is 5.02 Å². The third-order valence-corrected chi connectivity index (χ3v) is 9.71. The Morgan fingerprint density at radius 3 is 2.51 bits per heavy atom. The zero-order valence-corrected chi connectivity index (χ0v) is 25.1. The van der Waals surface area contributed by atoms with Gasteiger partial charge in [-0.05, 0) is 94.0 Å². The van der Waals surface area contributed by atoms with Crippen LogP contribution in [0.4, 0.5) is 10.8 Å². The molecule has 0 saturated heterocycles. The summed E-state index contributed by atoms with van der Waals surface area (Å²) in [5, 5.41) is 1.23. The minimum Gasteiger partial charge on any atom is -0.309 e. The number of carbonyl (C=O) groups excluding carboxylic acids is 1. The second kappa shape index (κ2) is 11.8. The lowest BCUT2D eigenvalue weighted by Gasteiger charge is -2.22. The van der Waals surface area contributed by atoms with Crippen molar-refractivity contribution in [1.82, 2.24) is 9.88 Å². The first-order valence-electron chi connectivity index (χ1n) is 12.4. The highest BCUT2D eigenvalue weighted by Crippen LogP contribution is 2.35. The van der Waals surface area contributed by atoms with E-state index in [1.165, 1.54) is 27.8 Å².